The summed E-state index contributed by atoms with van der Waals surface area (Å²) in [4.78, 5) is 15.5. The summed E-state index contributed by atoms with van der Waals surface area (Å²) in [5.74, 6) is -4.25. The van der Waals surface area contributed by atoms with Crippen molar-refractivity contribution in [2.75, 3.05) is 0 Å². The zero-order valence-corrected chi connectivity index (χ0v) is 12.5. The zero-order chi connectivity index (χ0) is 15.9. The molecule has 2 aromatic heterocycles. The van der Waals surface area contributed by atoms with Gasteiger partial charge in [-0.25, -0.2) is 18.2 Å². The third kappa shape index (κ3) is 2.71. The number of fused-ring (bicyclic) bond motifs is 1. The molecule has 0 atom stereocenters. The third-order valence-electron chi connectivity index (χ3n) is 3.05. The van der Waals surface area contributed by atoms with Gasteiger partial charge in [-0.2, -0.15) is 0 Å². The largest absolute Gasteiger partial charge is 0.481 e. The number of carboxylic acids is 1. The lowest BCUT2D eigenvalue weighted by Crippen LogP contribution is -2.01. The van der Waals surface area contributed by atoms with Crippen molar-refractivity contribution in [1.82, 2.24) is 4.98 Å². The summed E-state index contributed by atoms with van der Waals surface area (Å²) >= 11 is 2.29. The van der Waals surface area contributed by atoms with Crippen molar-refractivity contribution in [3.05, 3.63) is 50.4 Å². The second-order valence-corrected chi connectivity index (χ2v) is 6.64. The van der Waals surface area contributed by atoms with E-state index in [0.717, 1.165) is 16.2 Å². The fourth-order valence-corrected chi connectivity index (χ4v) is 4.06. The molecule has 0 spiro atoms. The molecule has 3 aromatic rings. The predicted octanol–water partition coefficient (Wildman–Crippen LogP) is 3.99. The van der Waals surface area contributed by atoms with Crippen molar-refractivity contribution in [3.8, 4) is 0 Å². The van der Waals surface area contributed by atoms with Crippen LogP contribution in [-0.2, 0) is 17.6 Å². The van der Waals surface area contributed by atoms with Crippen molar-refractivity contribution < 1.29 is 23.1 Å². The maximum atomic E-state index is 13.7. The fraction of sp³-hybridized carbons (Fsp3) is 0.143. The highest BCUT2D eigenvalue weighted by molar-refractivity contribution is 7.18. The molecule has 3 rings (SSSR count). The zero-order valence-electron chi connectivity index (χ0n) is 10.9. The van der Waals surface area contributed by atoms with Crippen LogP contribution in [0.2, 0.25) is 0 Å². The van der Waals surface area contributed by atoms with Gasteiger partial charge in [0.1, 0.15) is 11.3 Å². The molecule has 0 saturated carbocycles. The lowest BCUT2D eigenvalue weighted by atomic mass is 10.1. The van der Waals surface area contributed by atoms with E-state index in [4.69, 9.17) is 5.11 Å². The number of thiophene rings is 1. The van der Waals surface area contributed by atoms with E-state index in [1.165, 1.54) is 11.3 Å². The van der Waals surface area contributed by atoms with Gasteiger partial charge >= 0.3 is 5.97 Å². The molecule has 0 amide bonds. The molecule has 0 fully saturated rings. The standard InChI is InChI=1S/C14H8F3NO2S2/c15-7-4-8(16)14-13(12(7)17)18-10(22-14)5-9-6(1-2-21-9)3-11(19)20/h1-2,4H,3,5H2,(H,19,20). The lowest BCUT2D eigenvalue weighted by molar-refractivity contribution is -0.136. The van der Waals surface area contributed by atoms with Crippen LogP contribution in [0.15, 0.2) is 17.5 Å². The van der Waals surface area contributed by atoms with Gasteiger partial charge in [0, 0.05) is 17.4 Å². The minimum absolute atomic E-state index is 0.0368. The topological polar surface area (TPSA) is 50.2 Å². The number of hydrogen-bond donors (Lipinski definition) is 1. The van der Waals surface area contributed by atoms with Crippen LogP contribution in [0.3, 0.4) is 0 Å². The second kappa shape index (κ2) is 5.69. The van der Waals surface area contributed by atoms with Crippen LogP contribution >= 0.6 is 22.7 Å². The number of benzene rings is 1. The van der Waals surface area contributed by atoms with Crippen molar-refractivity contribution >= 4 is 38.9 Å². The van der Waals surface area contributed by atoms with Gasteiger partial charge in [-0.1, -0.05) is 0 Å². The highest BCUT2D eigenvalue weighted by Gasteiger charge is 2.18. The number of aliphatic carboxylic acids is 1. The van der Waals surface area contributed by atoms with Gasteiger partial charge in [0.05, 0.1) is 16.1 Å². The summed E-state index contributed by atoms with van der Waals surface area (Å²) in [5, 5.41) is 11.0. The molecule has 8 heteroatoms. The minimum Gasteiger partial charge on any atom is -0.481 e. The molecule has 0 saturated heterocycles. The van der Waals surface area contributed by atoms with E-state index in [2.05, 4.69) is 4.98 Å². The maximum absolute atomic E-state index is 13.7. The van der Waals surface area contributed by atoms with Crippen molar-refractivity contribution in [1.29, 1.82) is 0 Å². The molecular weight excluding hydrogens is 335 g/mol. The van der Waals surface area contributed by atoms with Crippen LogP contribution in [-0.4, -0.2) is 16.1 Å². The maximum Gasteiger partial charge on any atom is 0.307 e. The Balaban J connectivity index is 1.99. The van der Waals surface area contributed by atoms with Crippen LogP contribution < -0.4 is 0 Å². The summed E-state index contributed by atoms with van der Waals surface area (Å²) in [7, 11) is 0. The van der Waals surface area contributed by atoms with Gasteiger partial charge in [-0.05, 0) is 17.0 Å². The highest BCUT2D eigenvalue weighted by Crippen LogP contribution is 2.31. The van der Waals surface area contributed by atoms with E-state index in [1.807, 2.05) is 0 Å². The number of rotatable bonds is 4. The Labute approximate surface area is 130 Å². The molecule has 3 nitrogen and oxygen atoms in total. The smallest absolute Gasteiger partial charge is 0.307 e. The molecule has 22 heavy (non-hydrogen) atoms. The highest BCUT2D eigenvalue weighted by atomic mass is 32.1. The average molecular weight is 343 g/mol. The van der Waals surface area contributed by atoms with Crippen molar-refractivity contribution in [2.24, 2.45) is 0 Å². The van der Waals surface area contributed by atoms with Gasteiger partial charge in [0.15, 0.2) is 11.6 Å². The Morgan fingerprint density at radius 1 is 1.27 bits per heavy atom. The Hall–Kier alpha value is -1.93. The van der Waals surface area contributed by atoms with Crippen LogP contribution in [0.5, 0.6) is 0 Å². The van der Waals surface area contributed by atoms with Crippen LogP contribution in [0.1, 0.15) is 15.4 Å². The number of carbonyl (C=O) groups is 1. The summed E-state index contributed by atoms with van der Waals surface area (Å²) in [6.45, 7) is 0. The molecule has 0 unspecified atom stereocenters. The molecule has 1 aromatic carbocycles. The van der Waals surface area contributed by atoms with Crippen LogP contribution in [0.25, 0.3) is 10.2 Å². The second-order valence-electron chi connectivity index (χ2n) is 4.56. The quantitative estimate of drug-likeness (QED) is 0.729. The number of nitrogens with zero attached hydrogens (tertiary/aromatic N) is 1. The van der Waals surface area contributed by atoms with E-state index in [0.29, 0.717) is 16.6 Å². The van der Waals surface area contributed by atoms with E-state index in [9.17, 15) is 18.0 Å². The van der Waals surface area contributed by atoms with E-state index >= 15 is 0 Å². The third-order valence-corrected chi connectivity index (χ3v) is 5.08. The number of hydrogen-bond acceptors (Lipinski definition) is 4. The predicted molar refractivity (Wildman–Crippen MR) is 78.0 cm³/mol. The van der Waals surface area contributed by atoms with Crippen LogP contribution in [0.4, 0.5) is 13.2 Å². The number of aromatic nitrogens is 1. The van der Waals surface area contributed by atoms with E-state index < -0.39 is 23.4 Å². The molecule has 0 aliphatic rings. The monoisotopic (exact) mass is 343 g/mol. The van der Waals surface area contributed by atoms with Crippen molar-refractivity contribution in [2.45, 2.75) is 12.8 Å². The van der Waals surface area contributed by atoms with Crippen LogP contribution in [0, 0.1) is 17.5 Å². The molecule has 1 N–H and O–H groups in total. The van der Waals surface area contributed by atoms with Gasteiger partial charge in [0.2, 0.25) is 0 Å². The van der Waals surface area contributed by atoms with Gasteiger partial charge in [-0.15, -0.1) is 22.7 Å². The average Bonchev–Trinajstić information content (AvgIpc) is 3.04. The lowest BCUT2D eigenvalue weighted by Gasteiger charge is -1.98. The first-order valence-electron chi connectivity index (χ1n) is 6.15. The summed E-state index contributed by atoms with van der Waals surface area (Å²) in [6.07, 6.45) is 0.140. The molecule has 2 heterocycles. The van der Waals surface area contributed by atoms with Gasteiger partial charge < -0.3 is 5.11 Å². The van der Waals surface area contributed by atoms with E-state index in [-0.39, 0.29) is 23.1 Å². The molecule has 0 bridgehead atoms. The summed E-state index contributed by atoms with van der Waals surface area (Å²) < 4.78 is 40.5. The summed E-state index contributed by atoms with van der Waals surface area (Å²) in [6, 6.07) is 2.20. The molecular formula is C14H8F3NO2S2. The van der Waals surface area contributed by atoms with Gasteiger partial charge in [-0.3, -0.25) is 4.79 Å². The normalized spacial score (nSPS) is 11.2. The fourth-order valence-electron chi connectivity index (χ4n) is 2.08. The van der Waals surface area contributed by atoms with E-state index in [1.54, 1.807) is 11.4 Å². The number of halogens is 3. The first-order chi connectivity index (χ1) is 10.5. The number of carboxylic acid groups (broad SMARTS) is 1. The minimum atomic E-state index is -1.27. The van der Waals surface area contributed by atoms with Gasteiger partial charge in [0.25, 0.3) is 0 Å². The summed E-state index contributed by atoms with van der Waals surface area (Å²) in [5.41, 5.74) is 0.317. The Bertz CT molecular complexity index is 872. The molecule has 0 radical (unpaired) electrons. The SMILES string of the molecule is O=C(O)Cc1ccsc1Cc1nc2c(F)c(F)cc(F)c2s1. The Kier molecular flexibility index (Phi) is 3.88. The Morgan fingerprint density at radius 3 is 2.77 bits per heavy atom. The first kappa shape index (κ1) is 15.0. The first-order valence-corrected chi connectivity index (χ1v) is 7.85. The molecule has 0 aliphatic heterocycles. The van der Waals surface area contributed by atoms with Crippen molar-refractivity contribution in [3.63, 3.8) is 0 Å². The Morgan fingerprint density at radius 2 is 2.05 bits per heavy atom. The number of thiazole rings is 1. The molecule has 114 valence electrons. The molecule has 0 aliphatic carbocycles.